The number of nitrogens with one attached hydrogen (secondary N) is 2. The van der Waals surface area contributed by atoms with E-state index in [4.69, 9.17) is 0 Å². The van der Waals surface area contributed by atoms with Crippen molar-refractivity contribution in [2.75, 3.05) is 0 Å². The molecule has 2 aromatic rings. The largest absolute Gasteiger partial charge is 0.291 e. The molecule has 1 amide bonds. The van der Waals surface area contributed by atoms with Crippen LogP contribution < -0.4 is 5.43 Å². The Hall–Kier alpha value is -2.02. The third kappa shape index (κ3) is 2.87. The van der Waals surface area contributed by atoms with E-state index >= 15 is 0 Å². The van der Waals surface area contributed by atoms with Gasteiger partial charge in [-0.25, -0.2) is 5.43 Å². The molecule has 1 aliphatic carbocycles. The number of hydrazone groups is 1. The van der Waals surface area contributed by atoms with Gasteiger partial charge in [0.2, 0.25) is 0 Å². The van der Waals surface area contributed by atoms with Gasteiger partial charge >= 0.3 is 0 Å². The van der Waals surface area contributed by atoms with Crippen molar-refractivity contribution < 1.29 is 9.18 Å². The molecule has 7 heteroatoms. The molecule has 3 rings (SSSR count). The molecule has 0 unspecified atom stereocenters. The Bertz CT molecular complexity index is 629. The maximum atomic E-state index is 12.7. The van der Waals surface area contributed by atoms with Gasteiger partial charge in [-0.3, -0.25) is 9.89 Å². The first kappa shape index (κ1) is 12.0. The molecule has 0 aliphatic heterocycles. The highest BCUT2D eigenvalue weighted by Crippen LogP contribution is 2.38. The highest BCUT2D eigenvalue weighted by atomic mass is 32.1. The summed E-state index contributed by atoms with van der Waals surface area (Å²) in [4.78, 5) is 12.4. The number of hydrogen-bond donors (Lipinski definition) is 2. The molecule has 2 N–H and O–H groups in total. The normalized spacial score (nSPS) is 15.0. The zero-order valence-electron chi connectivity index (χ0n) is 9.89. The van der Waals surface area contributed by atoms with Gasteiger partial charge in [0.05, 0.1) is 11.1 Å². The zero-order chi connectivity index (χ0) is 13.2. The first-order valence-corrected chi connectivity index (χ1v) is 6.68. The lowest BCUT2D eigenvalue weighted by atomic mass is 10.2. The molecule has 98 valence electrons. The lowest BCUT2D eigenvalue weighted by molar-refractivity contribution is 0.0950. The van der Waals surface area contributed by atoms with Crippen LogP contribution >= 0.6 is 11.3 Å². The Morgan fingerprint density at radius 3 is 3.11 bits per heavy atom. The average molecular weight is 278 g/mol. The van der Waals surface area contributed by atoms with Gasteiger partial charge in [0.25, 0.3) is 5.91 Å². The van der Waals surface area contributed by atoms with Gasteiger partial charge in [-0.2, -0.15) is 14.6 Å². The number of amides is 1. The number of hydrogen-bond acceptors (Lipinski definition) is 4. The molecule has 0 radical (unpaired) electrons. The molecule has 0 aromatic carbocycles. The monoisotopic (exact) mass is 278 g/mol. The fourth-order valence-corrected chi connectivity index (χ4v) is 2.27. The third-order valence-corrected chi connectivity index (χ3v) is 3.61. The smallest absolute Gasteiger partial charge is 0.281 e. The number of rotatable bonds is 4. The number of thiophene rings is 1. The zero-order valence-corrected chi connectivity index (χ0v) is 10.7. The number of H-pyrrole nitrogens is 1. The van der Waals surface area contributed by atoms with Crippen molar-refractivity contribution in [3.05, 3.63) is 39.6 Å². The molecule has 5 nitrogen and oxygen atoms in total. The van der Waals surface area contributed by atoms with Crippen LogP contribution in [0.15, 0.2) is 23.3 Å². The lowest BCUT2D eigenvalue weighted by Crippen LogP contribution is -2.17. The summed E-state index contributed by atoms with van der Waals surface area (Å²) in [5, 5.41) is 10.3. The van der Waals surface area contributed by atoms with E-state index in [0.717, 1.165) is 29.9 Å². The summed E-state index contributed by atoms with van der Waals surface area (Å²) in [5.41, 5.74) is 3.67. The van der Waals surface area contributed by atoms with Crippen LogP contribution in [0.3, 0.4) is 0 Å². The number of carbonyl (C=O) groups excluding carboxylic acids is 1. The summed E-state index contributed by atoms with van der Waals surface area (Å²) in [6.45, 7) is 0. The van der Waals surface area contributed by atoms with E-state index < -0.39 is 0 Å². The van der Waals surface area contributed by atoms with Crippen LogP contribution in [0.2, 0.25) is 0 Å². The Morgan fingerprint density at radius 1 is 1.58 bits per heavy atom. The van der Waals surface area contributed by atoms with Gasteiger partial charge in [0.1, 0.15) is 0 Å². The number of nitrogens with zero attached hydrogens (tertiary/aromatic N) is 2. The molecule has 0 bridgehead atoms. The maximum Gasteiger partial charge on any atom is 0.291 e. The molecule has 0 saturated heterocycles. The second-order valence-corrected chi connectivity index (χ2v) is 5.39. The van der Waals surface area contributed by atoms with Crippen molar-refractivity contribution in [1.29, 1.82) is 0 Å². The molecule has 1 fully saturated rings. The Morgan fingerprint density at radius 2 is 2.42 bits per heavy atom. The Balaban J connectivity index is 1.59. The van der Waals surface area contributed by atoms with Crippen molar-refractivity contribution in [2.45, 2.75) is 18.8 Å². The summed E-state index contributed by atoms with van der Waals surface area (Å²) in [6, 6.07) is 4.69. The quantitative estimate of drug-likeness (QED) is 0.665. The van der Waals surface area contributed by atoms with Gasteiger partial charge < -0.3 is 0 Å². The van der Waals surface area contributed by atoms with Crippen molar-refractivity contribution >= 4 is 23.5 Å². The number of carbonyl (C=O) groups is 1. The molecule has 0 atom stereocenters. The fraction of sp³-hybridized carbons (Fsp3) is 0.250. The van der Waals surface area contributed by atoms with Gasteiger partial charge in [-0.15, -0.1) is 11.3 Å². The maximum absolute atomic E-state index is 12.7. The van der Waals surface area contributed by atoms with Crippen LogP contribution in [0.4, 0.5) is 4.39 Å². The number of halogens is 1. The SMILES string of the molecule is O=C(NN=Cc1ccc(F)s1)c1cc(C2CC2)[nH]n1. The minimum absolute atomic E-state index is 0.283. The van der Waals surface area contributed by atoms with Crippen LogP contribution in [-0.2, 0) is 0 Å². The predicted molar refractivity (Wildman–Crippen MR) is 69.9 cm³/mol. The van der Waals surface area contributed by atoms with Gasteiger partial charge in [0, 0.05) is 11.6 Å². The molecule has 1 saturated carbocycles. The third-order valence-electron chi connectivity index (χ3n) is 2.80. The summed E-state index contributed by atoms with van der Waals surface area (Å²) < 4.78 is 12.7. The van der Waals surface area contributed by atoms with E-state index in [2.05, 4.69) is 20.7 Å². The van der Waals surface area contributed by atoms with Crippen LogP contribution in [-0.4, -0.2) is 22.3 Å². The highest BCUT2D eigenvalue weighted by Gasteiger charge is 2.26. The van der Waals surface area contributed by atoms with Crippen LogP contribution in [0.25, 0.3) is 0 Å². The predicted octanol–water partition coefficient (Wildman–Crippen LogP) is 2.25. The molecule has 2 aromatic heterocycles. The summed E-state index contributed by atoms with van der Waals surface area (Å²) >= 11 is 0.962. The van der Waals surface area contributed by atoms with Gasteiger partial charge in [-0.05, 0) is 31.0 Å². The summed E-state index contributed by atoms with van der Waals surface area (Å²) in [6.07, 6.45) is 3.69. The van der Waals surface area contributed by atoms with E-state index in [1.807, 2.05) is 0 Å². The molecule has 0 spiro atoms. The standard InChI is InChI=1S/C12H11FN4OS/c13-11-4-3-8(19-11)6-14-17-12(18)10-5-9(15-16-10)7-1-2-7/h3-7H,1-2H2,(H,15,16)(H,17,18). The second kappa shape index (κ2) is 4.93. The first-order valence-electron chi connectivity index (χ1n) is 5.86. The van der Waals surface area contributed by atoms with Gasteiger partial charge in [-0.1, -0.05) is 0 Å². The average Bonchev–Trinajstić information content (AvgIpc) is 2.97. The minimum atomic E-state index is -0.378. The molecular weight excluding hydrogens is 267 g/mol. The van der Waals surface area contributed by atoms with Crippen LogP contribution in [0.1, 0.15) is 39.8 Å². The molecule has 2 heterocycles. The molecule has 19 heavy (non-hydrogen) atoms. The van der Waals surface area contributed by atoms with Crippen molar-refractivity contribution in [3.63, 3.8) is 0 Å². The van der Waals surface area contributed by atoms with Gasteiger partial charge in [0.15, 0.2) is 10.8 Å². The van der Waals surface area contributed by atoms with E-state index in [9.17, 15) is 9.18 Å². The van der Waals surface area contributed by atoms with Crippen molar-refractivity contribution in [3.8, 4) is 0 Å². The Kier molecular flexibility index (Phi) is 3.12. The van der Waals surface area contributed by atoms with E-state index in [-0.39, 0.29) is 11.0 Å². The van der Waals surface area contributed by atoms with Crippen LogP contribution in [0, 0.1) is 5.13 Å². The van der Waals surface area contributed by atoms with E-state index in [1.54, 1.807) is 12.1 Å². The molecular formula is C12H11FN4OS. The highest BCUT2D eigenvalue weighted by molar-refractivity contribution is 7.12. The summed E-state index contributed by atoms with van der Waals surface area (Å²) in [5.74, 6) is 0.142. The summed E-state index contributed by atoms with van der Waals surface area (Å²) in [7, 11) is 0. The topological polar surface area (TPSA) is 70.1 Å². The Labute approximate surface area is 112 Å². The van der Waals surface area contributed by atoms with Crippen LogP contribution in [0.5, 0.6) is 0 Å². The lowest BCUT2D eigenvalue weighted by Gasteiger charge is -1.93. The minimum Gasteiger partial charge on any atom is -0.281 e. The van der Waals surface area contributed by atoms with E-state index in [0.29, 0.717) is 16.5 Å². The fourth-order valence-electron chi connectivity index (χ4n) is 1.67. The number of aromatic nitrogens is 2. The van der Waals surface area contributed by atoms with Crippen molar-refractivity contribution in [2.24, 2.45) is 5.10 Å². The van der Waals surface area contributed by atoms with E-state index in [1.165, 1.54) is 12.3 Å². The number of aromatic amines is 1. The van der Waals surface area contributed by atoms with Crippen molar-refractivity contribution in [1.82, 2.24) is 15.6 Å². The second-order valence-electron chi connectivity index (χ2n) is 4.32. The molecule has 1 aliphatic rings. The first-order chi connectivity index (χ1) is 9.22.